The fourth-order valence-corrected chi connectivity index (χ4v) is 2.88. The average molecular weight is 345 g/mol. The topological polar surface area (TPSA) is 75.5 Å². The number of carbonyl (C=O) groups is 1. The van der Waals surface area contributed by atoms with E-state index in [2.05, 4.69) is 0 Å². The van der Waals surface area contributed by atoms with Gasteiger partial charge in [-0.15, -0.1) is 0 Å². The molecule has 1 atom stereocenters. The molecule has 1 aromatic rings. The van der Waals surface area contributed by atoms with E-state index in [1.54, 1.807) is 24.0 Å². The first-order valence-electron chi connectivity index (χ1n) is 7.50. The molecule has 1 saturated heterocycles. The molecule has 1 heterocycles. The minimum Gasteiger partial charge on any atom is -0.346 e. The zero-order chi connectivity index (χ0) is 17.9. The molecular formula is C15H18F3N3O3. The Balaban J connectivity index is 2.08. The number of hydrogen-bond donors (Lipinski definition) is 1. The number of halogens is 3. The number of nitrogens with one attached hydrogen (secondary N) is 1. The highest BCUT2D eigenvalue weighted by atomic mass is 19.4. The molecule has 0 radical (unpaired) electrons. The Labute approximate surface area is 136 Å². The van der Waals surface area contributed by atoms with Gasteiger partial charge in [0.2, 0.25) is 5.91 Å². The van der Waals surface area contributed by atoms with Crippen molar-refractivity contribution in [3.05, 3.63) is 39.4 Å². The van der Waals surface area contributed by atoms with Crippen molar-refractivity contribution in [3.8, 4) is 0 Å². The summed E-state index contributed by atoms with van der Waals surface area (Å²) in [4.78, 5) is 24.3. The van der Waals surface area contributed by atoms with E-state index in [-0.39, 0.29) is 12.2 Å². The molecule has 1 aliphatic rings. The van der Waals surface area contributed by atoms with Crippen LogP contribution in [-0.4, -0.2) is 41.0 Å². The van der Waals surface area contributed by atoms with E-state index >= 15 is 0 Å². The number of carbonyl (C=O) groups excluding carboxylic acids is 1. The third kappa shape index (κ3) is 4.44. The van der Waals surface area contributed by atoms with Gasteiger partial charge in [0.25, 0.3) is 5.69 Å². The lowest BCUT2D eigenvalue weighted by molar-refractivity contribution is -0.385. The van der Waals surface area contributed by atoms with Gasteiger partial charge < -0.3 is 5.32 Å². The summed E-state index contributed by atoms with van der Waals surface area (Å²) in [5, 5.41) is 12.9. The fourth-order valence-electron chi connectivity index (χ4n) is 2.88. The van der Waals surface area contributed by atoms with Crippen LogP contribution in [0.4, 0.5) is 18.9 Å². The highest BCUT2D eigenvalue weighted by molar-refractivity contribution is 5.82. The summed E-state index contributed by atoms with van der Waals surface area (Å²) < 4.78 is 36.7. The summed E-state index contributed by atoms with van der Waals surface area (Å²) in [6.07, 6.45) is -3.29. The van der Waals surface area contributed by atoms with E-state index in [1.807, 2.05) is 5.32 Å². The van der Waals surface area contributed by atoms with Gasteiger partial charge in [0.05, 0.1) is 11.0 Å². The van der Waals surface area contributed by atoms with Crippen molar-refractivity contribution in [1.29, 1.82) is 0 Å². The van der Waals surface area contributed by atoms with Gasteiger partial charge in [0, 0.05) is 18.2 Å². The molecule has 1 amide bonds. The van der Waals surface area contributed by atoms with Crippen molar-refractivity contribution < 1.29 is 22.9 Å². The number of likely N-dealkylation sites (tertiary alicyclic amines) is 1. The van der Waals surface area contributed by atoms with Crippen molar-refractivity contribution in [3.63, 3.8) is 0 Å². The summed E-state index contributed by atoms with van der Waals surface area (Å²) in [6.45, 7) is 1.12. The zero-order valence-corrected chi connectivity index (χ0v) is 13.1. The minimum atomic E-state index is -4.45. The third-order valence-electron chi connectivity index (χ3n) is 4.12. The minimum absolute atomic E-state index is 0.00947. The molecular weight excluding hydrogens is 327 g/mol. The summed E-state index contributed by atoms with van der Waals surface area (Å²) in [5.74, 6) is -0.659. The fraction of sp³-hybridized carbons (Fsp3) is 0.533. The van der Waals surface area contributed by atoms with Gasteiger partial charge in [-0.2, -0.15) is 13.2 Å². The molecule has 2 rings (SSSR count). The number of benzene rings is 1. The number of alkyl halides is 3. The molecule has 1 aliphatic heterocycles. The first-order valence-corrected chi connectivity index (χ1v) is 7.50. The second-order valence-corrected chi connectivity index (χ2v) is 5.78. The number of hydrogen-bond acceptors (Lipinski definition) is 4. The lowest BCUT2D eigenvalue weighted by Gasteiger charge is -2.24. The number of amides is 1. The first kappa shape index (κ1) is 18.2. The molecule has 24 heavy (non-hydrogen) atoms. The van der Waals surface area contributed by atoms with E-state index in [0.717, 1.165) is 0 Å². The van der Waals surface area contributed by atoms with Crippen molar-refractivity contribution in [2.24, 2.45) is 0 Å². The predicted molar refractivity (Wildman–Crippen MR) is 80.3 cm³/mol. The highest BCUT2D eigenvalue weighted by Crippen LogP contribution is 2.26. The van der Waals surface area contributed by atoms with E-state index in [9.17, 15) is 28.1 Å². The molecule has 0 bridgehead atoms. The van der Waals surface area contributed by atoms with Crippen LogP contribution in [0, 0.1) is 17.0 Å². The predicted octanol–water partition coefficient (Wildman–Crippen LogP) is 2.55. The SMILES string of the molecule is Cc1c(CN2CCC[C@H]2C(=O)NCC(F)(F)F)cccc1[N+](=O)[O-]. The Morgan fingerprint density at radius 3 is 2.79 bits per heavy atom. The maximum Gasteiger partial charge on any atom is 0.405 e. The smallest absolute Gasteiger partial charge is 0.346 e. The Morgan fingerprint density at radius 1 is 1.46 bits per heavy atom. The molecule has 6 nitrogen and oxygen atoms in total. The van der Waals surface area contributed by atoms with Crippen LogP contribution >= 0.6 is 0 Å². The van der Waals surface area contributed by atoms with Crippen LogP contribution in [0.2, 0.25) is 0 Å². The zero-order valence-electron chi connectivity index (χ0n) is 13.1. The van der Waals surface area contributed by atoms with Crippen LogP contribution in [-0.2, 0) is 11.3 Å². The van der Waals surface area contributed by atoms with Crippen LogP contribution in [0.3, 0.4) is 0 Å². The number of nitro benzene ring substituents is 1. The van der Waals surface area contributed by atoms with Crippen LogP contribution < -0.4 is 5.32 Å². The number of nitrogens with zero attached hydrogens (tertiary/aromatic N) is 2. The van der Waals surface area contributed by atoms with E-state index in [0.29, 0.717) is 30.5 Å². The summed E-state index contributed by atoms with van der Waals surface area (Å²) >= 11 is 0. The Bertz CT molecular complexity index is 634. The van der Waals surface area contributed by atoms with Crippen LogP contribution in [0.15, 0.2) is 18.2 Å². The second kappa shape index (κ2) is 7.16. The maximum atomic E-state index is 12.2. The molecule has 0 spiro atoms. The quantitative estimate of drug-likeness (QED) is 0.657. The largest absolute Gasteiger partial charge is 0.405 e. The third-order valence-corrected chi connectivity index (χ3v) is 4.12. The van der Waals surface area contributed by atoms with Gasteiger partial charge >= 0.3 is 6.18 Å². The lowest BCUT2D eigenvalue weighted by Crippen LogP contribution is -2.45. The van der Waals surface area contributed by atoms with Crippen molar-refractivity contribution >= 4 is 11.6 Å². The second-order valence-electron chi connectivity index (χ2n) is 5.78. The Morgan fingerprint density at radius 2 is 2.17 bits per heavy atom. The summed E-state index contributed by atoms with van der Waals surface area (Å²) in [5.41, 5.74) is 1.19. The van der Waals surface area contributed by atoms with Crippen LogP contribution in [0.25, 0.3) is 0 Å². The molecule has 0 saturated carbocycles. The molecule has 132 valence electrons. The number of nitro groups is 1. The normalized spacial score (nSPS) is 18.6. The van der Waals surface area contributed by atoms with Gasteiger partial charge in [-0.05, 0) is 31.9 Å². The van der Waals surface area contributed by atoms with Crippen molar-refractivity contribution in [1.82, 2.24) is 10.2 Å². The standard InChI is InChI=1S/C15H18F3N3O3/c1-10-11(4-2-5-12(10)21(23)24)8-20-7-3-6-13(20)14(22)19-9-15(16,17)18/h2,4-5,13H,3,6-9H2,1H3,(H,19,22)/t13-/m0/s1. The maximum absolute atomic E-state index is 12.2. The van der Waals surface area contributed by atoms with E-state index in [1.165, 1.54) is 6.07 Å². The monoisotopic (exact) mass is 345 g/mol. The van der Waals surface area contributed by atoms with E-state index in [4.69, 9.17) is 0 Å². The van der Waals surface area contributed by atoms with Gasteiger partial charge in [-0.3, -0.25) is 19.8 Å². The molecule has 0 aromatic heterocycles. The number of rotatable bonds is 5. The molecule has 1 fully saturated rings. The molecule has 1 aromatic carbocycles. The first-order chi connectivity index (χ1) is 11.2. The lowest BCUT2D eigenvalue weighted by atomic mass is 10.1. The average Bonchev–Trinajstić information content (AvgIpc) is 2.94. The molecule has 1 N–H and O–H groups in total. The van der Waals surface area contributed by atoms with Crippen molar-refractivity contribution in [2.45, 2.75) is 38.5 Å². The Hall–Kier alpha value is -2.16. The molecule has 9 heteroatoms. The van der Waals surface area contributed by atoms with Gasteiger partial charge in [0.15, 0.2) is 0 Å². The van der Waals surface area contributed by atoms with E-state index < -0.39 is 29.6 Å². The van der Waals surface area contributed by atoms with Crippen LogP contribution in [0.1, 0.15) is 24.0 Å². The van der Waals surface area contributed by atoms with Gasteiger partial charge in [-0.25, -0.2) is 0 Å². The summed E-state index contributed by atoms with van der Waals surface area (Å²) in [7, 11) is 0. The Kier molecular flexibility index (Phi) is 5.43. The molecule has 0 aliphatic carbocycles. The van der Waals surface area contributed by atoms with Crippen molar-refractivity contribution in [2.75, 3.05) is 13.1 Å². The summed E-state index contributed by atoms with van der Waals surface area (Å²) in [6, 6.07) is 4.04. The van der Waals surface area contributed by atoms with Crippen LogP contribution in [0.5, 0.6) is 0 Å². The highest BCUT2D eigenvalue weighted by Gasteiger charge is 2.34. The molecule has 0 unspecified atom stereocenters. The van der Waals surface area contributed by atoms with Gasteiger partial charge in [0.1, 0.15) is 6.54 Å². The van der Waals surface area contributed by atoms with Gasteiger partial charge in [-0.1, -0.05) is 12.1 Å².